The van der Waals surface area contributed by atoms with Crippen LogP contribution in [0, 0.1) is 5.92 Å². The van der Waals surface area contributed by atoms with Crippen LogP contribution in [-0.4, -0.2) is 62.4 Å². The molecule has 0 bridgehead atoms. The predicted octanol–water partition coefficient (Wildman–Crippen LogP) is 3.65. The maximum absolute atomic E-state index is 13.4. The highest BCUT2D eigenvalue weighted by Gasteiger charge is 2.37. The number of hydrazone groups is 1. The van der Waals surface area contributed by atoms with E-state index in [1.165, 1.54) is 9.91 Å². The van der Waals surface area contributed by atoms with Gasteiger partial charge >= 0.3 is 0 Å². The van der Waals surface area contributed by atoms with E-state index in [9.17, 15) is 9.59 Å². The zero-order valence-corrected chi connectivity index (χ0v) is 20.1. The van der Waals surface area contributed by atoms with Crippen molar-refractivity contribution in [3.63, 3.8) is 0 Å². The summed E-state index contributed by atoms with van der Waals surface area (Å²) in [7, 11) is 6.51. The van der Waals surface area contributed by atoms with E-state index in [0.717, 1.165) is 41.9 Å². The maximum Gasteiger partial charge on any atom is 0.262 e. The van der Waals surface area contributed by atoms with Crippen LogP contribution >= 0.6 is 0 Å². The molecule has 180 valence electrons. The molecule has 8 heteroatoms. The first-order valence-electron chi connectivity index (χ1n) is 11.5. The fourth-order valence-corrected chi connectivity index (χ4v) is 4.36. The molecule has 1 aliphatic heterocycles. The highest BCUT2D eigenvalue weighted by molar-refractivity contribution is 6.03. The van der Waals surface area contributed by atoms with Crippen LogP contribution in [0.2, 0.25) is 0 Å². The van der Waals surface area contributed by atoms with Crippen molar-refractivity contribution in [3.05, 3.63) is 53.6 Å². The Kier molecular flexibility index (Phi) is 7.05. The molecular weight excluding hydrogens is 434 g/mol. The van der Waals surface area contributed by atoms with Crippen LogP contribution in [0.1, 0.15) is 42.9 Å². The molecule has 1 fully saturated rings. The van der Waals surface area contributed by atoms with E-state index in [-0.39, 0.29) is 30.3 Å². The number of carbonyl (C=O) groups excluding carboxylic acids is 2. The van der Waals surface area contributed by atoms with E-state index in [2.05, 4.69) is 0 Å². The number of methoxy groups -OCH3 is 3. The highest BCUT2D eigenvalue weighted by Crippen LogP contribution is 2.39. The monoisotopic (exact) mass is 465 g/mol. The standard InChI is InChI=1S/C26H31N3O5/c1-28(26(31)18-6-5-7-18)16-25(30)29-23(21-14-20(33-3)12-13-24(21)34-4)15-22(27-29)17-8-10-19(32-2)11-9-17/h8-14,18,23H,5-7,15-16H2,1-4H3/t23-/m1/s1. The first-order valence-corrected chi connectivity index (χ1v) is 11.5. The molecule has 0 aromatic heterocycles. The molecule has 2 aliphatic rings. The Bertz CT molecular complexity index is 1080. The van der Waals surface area contributed by atoms with Crippen molar-refractivity contribution in [1.29, 1.82) is 0 Å². The smallest absolute Gasteiger partial charge is 0.262 e. The van der Waals surface area contributed by atoms with Gasteiger partial charge in [0, 0.05) is 24.9 Å². The Morgan fingerprint density at radius 3 is 2.26 bits per heavy atom. The molecule has 2 amide bonds. The Balaban J connectivity index is 1.65. The van der Waals surface area contributed by atoms with Gasteiger partial charge in [0.25, 0.3) is 5.91 Å². The summed E-state index contributed by atoms with van der Waals surface area (Å²) in [5.41, 5.74) is 2.48. The Morgan fingerprint density at radius 1 is 1.00 bits per heavy atom. The third kappa shape index (κ3) is 4.71. The maximum atomic E-state index is 13.4. The number of likely N-dealkylation sites (N-methyl/N-ethyl adjacent to an activating group) is 1. The van der Waals surface area contributed by atoms with Gasteiger partial charge in [0.15, 0.2) is 0 Å². The normalized spacial score (nSPS) is 17.6. The van der Waals surface area contributed by atoms with Crippen LogP contribution in [-0.2, 0) is 9.59 Å². The number of nitrogens with zero attached hydrogens (tertiary/aromatic N) is 3. The van der Waals surface area contributed by atoms with E-state index in [1.54, 1.807) is 28.4 Å². The molecule has 1 aliphatic carbocycles. The summed E-state index contributed by atoms with van der Waals surface area (Å²) in [5, 5.41) is 6.21. The summed E-state index contributed by atoms with van der Waals surface area (Å²) in [6.45, 7) is -0.0302. The van der Waals surface area contributed by atoms with E-state index in [4.69, 9.17) is 19.3 Å². The summed E-state index contributed by atoms with van der Waals surface area (Å²) in [5.74, 6) is 1.87. The van der Waals surface area contributed by atoms with Crippen LogP contribution in [0.15, 0.2) is 47.6 Å². The second-order valence-corrected chi connectivity index (χ2v) is 8.66. The largest absolute Gasteiger partial charge is 0.497 e. The van der Waals surface area contributed by atoms with Crippen LogP contribution in [0.3, 0.4) is 0 Å². The lowest BCUT2D eigenvalue weighted by atomic mass is 9.84. The zero-order chi connectivity index (χ0) is 24.2. The molecule has 1 atom stereocenters. The molecule has 1 heterocycles. The van der Waals surface area contributed by atoms with E-state index >= 15 is 0 Å². The van der Waals surface area contributed by atoms with Crippen LogP contribution in [0.25, 0.3) is 0 Å². The molecule has 0 unspecified atom stereocenters. The van der Waals surface area contributed by atoms with Gasteiger partial charge in [-0.25, -0.2) is 5.01 Å². The lowest BCUT2D eigenvalue weighted by Gasteiger charge is -2.30. The average molecular weight is 466 g/mol. The number of hydrogen-bond acceptors (Lipinski definition) is 6. The van der Waals surface area contributed by atoms with Crippen molar-refractivity contribution in [1.82, 2.24) is 9.91 Å². The lowest BCUT2D eigenvalue weighted by molar-refractivity contribution is -0.144. The quantitative estimate of drug-likeness (QED) is 0.595. The van der Waals surface area contributed by atoms with Crippen LogP contribution in [0.4, 0.5) is 0 Å². The van der Waals surface area contributed by atoms with Gasteiger partial charge in [0.2, 0.25) is 5.91 Å². The van der Waals surface area contributed by atoms with Gasteiger partial charge in [-0.3, -0.25) is 9.59 Å². The average Bonchev–Trinajstić information content (AvgIpc) is 3.28. The van der Waals surface area contributed by atoms with Crippen LogP contribution in [0.5, 0.6) is 17.2 Å². The minimum atomic E-state index is -0.387. The summed E-state index contributed by atoms with van der Waals surface area (Å²) in [6, 6.07) is 12.7. The van der Waals surface area contributed by atoms with Gasteiger partial charge in [0.1, 0.15) is 23.8 Å². The van der Waals surface area contributed by atoms with Gasteiger partial charge in [-0.2, -0.15) is 5.10 Å². The molecule has 0 radical (unpaired) electrons. The van der Waals surface area contributed by atoms with Gasteiger partial charge < -0.3 is 19.1 Å². The highest BCUT2D eigenvalue weighted by atomic mass is 16.5. The third-order valence-electron chi connectivity index (χ3n) is 6.59. The predicted molar refractivity (Wildman–Crippen MR) is 128 cm³/mol. The van der Waals surface area contributed by atoms with Gasteiger partial charge in [-0.1, -0.05) is 6.42 Å². The molecule has 8 nitrogen and oxygen atoms in total. The number of ether oxygens (including phenoxy) is 3. The van der Waals surface area contributed by atoms with Crippen molar-refractivity contribution in [3.8, 4) is 17.2 Å². The van der Waals surface area contributed by atoms with Crippen molar-refractivity contribution >= 4 is 17.5 Å². The molecule has 34 heavy (non-hydrogen) atoms. The SMILES string of the molecule is COc1ccc(C2=NN(C(=O)CN(C)C(=O)C3CCC3)[C@@H](c3cc(OC)ccc3OC)C2)cc1. The molecule has 0 saturated heterocycles. The molecule has 1 saturated carbocycles. The number of amides is 2. The number of carbonyl (C=O) groups is 2. The second kappa shape index (κ2) is 10.2. The number of rotatable bonds is 8. The second-order valence-electron chi connectivity index (χ2n) is 8.66. The molecule has 4 rings (SSSR count). The van der Waals surface area contributed by atoms with Crippen LogP contribution < -0.4 is 14.2 Å². The molecule has 2 aromatic carbocycles. The lowest BCUT2D eigenvalue weighted by Crippen LogP contribution is -2.42. The topological polar surface area (TPSA) is 80.7 Å². The number of benzene rings is 2. The summed E-state index contributed by atoms with van der Waals surface area (Å²) in [6.07, 6.45) is 3.36. The number of hydrogen-bond donors (Lipinski definition) is 0. The van der Waals surface area contributed by atoms with Crippen molar-refractivity contribution in [2.45, 2.75) is 31.7 Å². The van der Waals surface area contributed by atoms with Gasteiger partial charge in [0.05, 0.1) is 33.1 Å². The first kappa shape index (κ1) is 23.6. The van der Waals surface area contributed by atoms with Gasteiger partial charge in [-0.05, 0) is 60.9 Å². The fraction of sp³-hybridized carbons (Fsp3) is 0.423. The molecule has 2 aromatic rings. The molecular formula is C26H31N3O5. The molecule has 0 N–H and O–H groups in total. The third-order valence-corrected chi connectivity index (χ3v) is 6.59. The zero-order valence-electron chi connectivity index (χ0n) is 20.1. The van der Waals surface area contributed by atoms with Crippen molar-refractivity contribution in [2.24, 2.45) is 11.0 Å². The Morgan fingerprint density at radius 2 is 1.68 bits per heavy atom. The summed E-state index contributed by atoms with van der Waals surface area (Å²) < 4.78 is 16.3. The van der Waals surface area contributed by atoms with E-state index in [0.29, 0.717) is 17.9 Å². The Hall–Kier alpha value is -3.55. The Labute approximate surface area is 200 Å². The van der Waals surface area contributed by atoms with Crippen molar-refractivity contribution < 1.29 is 23.8 Å². The van der Waals surface area contributed by atoms with E-state index in [1.807, 2.05) is 42.5 Å². The summed E-state index contributed by atoms with van der Waals surface area (Å²) in [4.78, 5) is 27.6. The molecule has 0 spiro atoms. The summed E-state index contributed by atoms with van der Waals surface area (Å²) >= 11 is 0. The van der Waals surface area contributed by atoms with Crippen molar-refractivity contribution in [2.75, 3.05) is 34.9 Å². The first-order chi connectivity index (χ1) is 16.4. The minimum absolute atomic E-state index is 0.0219. The fourth-order valence-electron chi connectivity index (χ4n) is 4.36. The van der Waals surface area contributed by atoms with Gasteiger partial charge in [-0.15, -0.1) is 0 Å². The minimum Gasteiger partial charge on any atom is -0.497 e. The van der Waals surface area contributed by atoms with E-state index < -0.39 is 0 Å².